The molecule has 4 aliphatic heterocycles. The third kappa shape index (κ3) is 9.84. The number of hydrogen-bond acceptors (Lipinski definition) is 13. The predicted molar refractivity (Wildman–Crippen MR) is 257 cm³/mol. The van der Waals surface area contributed by atoms with E-state index in [9.17, 15) is 43.1 Å². The molecule has 9 rings (SSSR count). The third-order valence-electron chi connectivity index (χ3n) is 13.1. The van der Waals surface area contributed by atoms with Crippen LogP contribution >= 0.6 is 11.3 Å². The zero-order valence-electron chi connectivity index (χ0n) is 38.5. The van der Waals surface area contributed by atoms with E-state index in [4.69, 9.17) is 4.74 Å². The molecule has 2 fully saturated rings. The van der Waals surface area contributed by atoms with Gasteiger partial charge in [0.2, 0.25) is 17.7 Å². The Morgan fingerprint density at radius 2 is 1.64 bits per heavy atom. The van der Waals surface area contributed by atoms with Gasteiger partial charge in [-0.25, -0.2) is 9.37 Å². The molecule has 0 spiro atoms. The largest absolute Gasteiger partial charge is 0.508 e. The van der Waals surface area contributed by atoms with Crippen LogP contribution in [0.3, 0.4) is 0 Å². The van der Waals surface area contributed by atoms with Crippen molar-refractivity contribution >= 4 is 69.2 Å². The minimum absolute atomic E-state index is 0.0170. The highest BCUT2D eigenvalue weighted by Crippen LogP contribution is 2.39. The van der Waals surface area contributed by atoms with Crippen LogP contribution in [0.4, 0.5) is 20.9 Å². The summed E-state index contributed by atoms with van der Waals surface area (Å²) in [6, 6.07) is 19.4. The number of halogens is 1. The quantitative estimate of drug-likeness (QED) is 0.0861. The van der Waals surface area contributed by atoms with E-state index in [-0.39, 0.29) is 59.6 Å². The molecular formula is C51H51FN8O9S. The molecule has 362 valence electrons. The lowest BCUT2D eigenvalue weighted by Gasteiger charge is -2.36. The summed E-state index contributed by atoms with van der Waals surface area (Å²) in [4.78, 5) is 102. The first-order chi connectivity index (χ1) is 33.7. The molecule has 4 aliphatic rings. The van der Waals surface area contributed by atoms with Gasteiger partial charge in [-0.3, -0.25) is 49.1 Å². The maximum Gasteiger partial charge on any atom is 0.264 e. The lowest BCUT2D eigenvalue weighted by atomic mass is 10.00. The van der Waals surface area contributed by atoms with E-state index < -0.39 is 53.3 Å². The highest BCUT2D eigenvalue weighted by atomic mass is 32.1. The molecule has 5 heterocycles. The first-order valence-electron chi connectivity index (χ1n) is 23.2. The minimum Gasteiger partial charge on any atom is -0.508 e. The summed E-state index contributed by atoms with van der Waals surface area (Å²) in [6.45, 7) is 7.72. The number of rotatable bonds is 16. The Labute approximate surface area is 406 Å². The Morgan fingerprint density at radius 1 is 0.886 bits per heavy atom. The molecule has 0 bridgehead atoms. The Hall–Kier alpha value is -7.51. The maximum absolute atomic E-state index is 14.5. The average Bonchev–Trinajstić information content (AvgIpc) is 4.05. The van der Waals surface area contributed by atoms with E-state index in [2.05, 4.69) is 25.8 Å². The second kappa shape index (κ2) is 20.2. The van der Waals surface area contributed by atoms with Gasteiger partial charge in [0.05, 0.1) is 17.7 Å². The van der Waals surface area contributed by atoms with Crippen molar-refractivity contribution in [3.8, 4) is 16.9 Å². The van der Waals surface area contributed by atoms with Gasteiger partial charge < -0.3 is 29.9 Å². The number of carbonyl (C=O) groups is 7. The number of fused-ring (bicyclic) bond motifs is 2. The number of ether oxygens (including phenoxy) is 1. The summed E-state index contributed by atoms with van der Waals surface area (Å²) in [7, 11) is 0. The molecule has 4 atom stereocenters. The fourth-order valence-electron chi connectivity index (χ4n) is 9.41. The molecule has 7 amide bonds. The van der Waals surface area contributed by atoms with Gasteiger partial charge in [-0.15, -0.1) is 11.3 Å². The molecule has 0 saturated carbocycles. The molecule has 19 heteroatoms. The van der Waals surface area contributed by atoms with E-state index in [1.165, 1.54) is 22.4 Å². The summed E-state index contributed by atoms with van der Waals surface area (Å²) in [5, 5.41) is 20.9. The number of imide groups is 2. The number of thiazole rings is 1. The summed E-state index contributed by atoms with van der Waals surface area (Å²) >= 11 is 1.19. The molecule has 70 heavy (non-hydrogen) atoms. The van der Waals surface area contributed by atoms with Crippen molar-refractivity contribution in [1.82, 2.24) is 25.0 Å². The lowest BCUT2D eigenvalue weighted by Crippen LogP contribution is -2.54. The molecule has 17 nitrogen and oxygen atoms in total. The van der Waals surface area contributed by atoms with Crippen LogP contribution in [0.25, 0.3) is 11.1 Å². The normalized spacial score (nSPS) is 18.1. The maximum atomic E-state index is 14.5. The van der Waals surface area contributed by atoms with E-state index in [1.54, 1.807) is 29.6 Å². The van der Waals surface area contributed by atoms with Crippen molar-refractivity contribution in [1.29, 1.82) is 0 Å². The highest BCUT2D eigenvalue weighted by Gasteiger charge is 2.46. The van der Waals surface area contributed by atoms with E-state index >= 15 is 0 Å². The predicted octanol–water partition coefficient (Wildman–Crippen LogP) is 5.83. The van der Waals surface area contributed by atoms with Gasteiger partial charge in [0.25, 0.3) is 23.6 Å². The van der Waals surface area contributed by atoms with Crippen LogP contribution < -0.4 is 20.9 Å². The average molecular weight is 971 g/mol. The summed E-state index contributed by atoms with van der Waals surface area (Å²) in [5.74, 6) is -4.20. The first-order valence-corrected chi connectivity index (χ1v) is 24.0. The van der Waals surface area contributed by atoms with Gasteiger partial charge in [0.15, 0.2) is 5.13 Å². The van der Waals surface area contributed by atoms with E-state index in [0.717, 1.165) is 39.9 Å². The molecule has 0 radical (unpaired) electrons. The SMILES string of the molecule is CC(CNc1cccc2c1C(=O)N(C1CCC(=O)NC1=O)C2=O)COCC(C)CC(=O)N1CCN(c2ccc(-c3ccc4c(c3)C(=O)N(C(C(=O)Nc3nccs3)c3cc(F)ccc3O)C4)cc2)CC1. The minimum atomic E-state index is -1.33. The molecule has 4 unspecified atom stereocenters. The number of phenolic OH excluding ortho intramolecular Hbond substituents is 1. The Bertz CT molecular complexity index is 2870. The van der Waals surface area contributed by atoms with Crippen LogP contribution in [0.15, 0.2) is 90.4 Å². The van der Waals surface area contributed by atoms with Gasteiger partial charge in [0, 0.05) is 92.8 Å². The summed E-state index contributed by atoms with van der Waals surface area (Å²) in [6.07, 6.45) is 1.99. The standard InChI is InChI=1S/C51H51FN8O9S/c1-29(27-69-28-30(2)25-54-39-5-3-4-36-44(39)50(68)60(49(36)67)40-13-15-42(62)55-46(40)64)22-43(63)58-19-17-57(18-20-58)35-11-8-31(9-12-35)32-6-7-33-26-59(48(66)37(33)23-32)45(38-24-34(52)10-14-41(38)61)47(65)56-51-53-16-21-70-51/h3-12,14,16,21,23-24,29-30,40,45,54,61H,13,15,17-20,22,25-28H2,1-2H3,(H,53,56,65)(H,55,62,64). The van der Waals surface area contributed by atoms with Crippen LogP contribution in [0.5, 0.6) is 5.75 Å². The lowest BCUT2D eigenvalue weighted by molar-refractivity contribution is -0.136. The second-order valence-corrected chi connectivity index (χ2v) is 19.1. The Morgan fingerprint density at radius 3 is 2.39 bits per heavy atom. The second-order valence-electron chi connectivity index (χ2n) is 18.2. The van der Waals surface area contributed by atoms with Crippen molar-refractivity contribution < 1.29 is 47.8 Å². The number of piperazine rings is 1. The monoisotopic (exact) mass is 970 g/mol. The number of nitrogens with one attached hydrogen (secondary N) is 3. The topological polar surface area (TPSA) is 211 Å². The fourth-order valence-corrected chi connectivity index (χ4v) is 9.94. The number of aromatic nitrogens is 1. The van der Waals surface area contributed by atoms with Gasteiger partial charge in [-0.1, -0.05) is 44.2 Å². The molecule has 1 aromatic heterocycles. The molecule has 4 N–H and O–H groups in total. The highest BCUT2D eigenvalue weighted by molar-refractivity contribution is 7.13. The number of hydrogen-bond donors (Lipinski definition) is 4. The molecule has 0 aliphatic carbocycles. The van der Waals surface area contributed by atoms with E-state index in [1.807, 2.05) is 55.1 Å². The molecular weight excluding hydrogens is 920 g/mol. The van der Waals surface area contributed by atoms with Crippen LogP contribution in [-0.2, 0) is 30.5 Å². The first kappa shape index (κ1) is 47.6. The van der Waals surface area contributed by atoms with Crippen molar-refractivity contribution in [2.45, 2.75) is 51.7 Å². The van der Waals surface area contributed by atoms with Crippen LogP contribution in [0, 0.1) is 17.7 Å². The number of anilines is 3. The number of carbonyl (C=O) groups excluding carboxylic acids is 7. The number of phenols is 1. The van der Waals surface area contributed by atoms with Crippen LogP contribution in [0.1, 0.15) is 81.4 Å². The molecule has 5 aromatic rings. The van der Waals surface area contributed by atoms with Crippen molar-refractivity contribution in [2.24, 2.45) is 11.8 Å². The number of amides is 7. The van der Waals surface area contributed by atoms with Crippen LogP contribution in [-0.4, -0.2) is 118 Å². The van der Waals surface area contributed by atoms with Crippen molar-refractivity contribution in [3.05, 3.63) is 124 Å². The Kier molecular flexibility index (Phi) is 13.7. The summed E-state index contributed by atoms with van der Waals surface area (Å²) in [5.41, 5.74) is 4.62. The fraction of sp³-hybridized carbons (Fsp3) is 0.333. The van der Waals surface area contributed by atoms with Gasteiger partial charge in [-0.05, 0) is 83.5 Å². The number of benzene rings is 4. The van der Waals surface area contributed by atoms with Gasteiger partial charge in [-0.2, -0.15) is 0 Å². The zero-order valence-corrected chi connectivity index (χ0v) is 39.3. The number of nitrogens with zero attached hydrogens (tertiary/aromatic N) is 5. The molecule has 2 saturated heterocycles. The van der Waals surface area contributed by atoms with Gasteiger partial charge in [0.1, 0.15) is 23.7 Å². The Balaban J connectivity index is 0.728. The summed E-state index contributed by atoms with van der Waals surface area (Å²) < 4.78 is 20.5. The molecule has 4 aromatic carbocycles. The number of piperidine rings is 1. The van der Waals surface area contributed by atoms with Crippen molar-refractivity contribution in [2.75, 3.05) is 61.5 Å². The smallest absolute Gasteiger partial charge is 0.264 e. The number of aromatic hydroxyl groups is 1. The van der Waals surface area contributed by atoms with E-state index in [0.29, 0.717) is 74.3 Å². The zero-order chi connectivity index (χ0) is 49.2. The third-order valence-corrected chi connectivity index (χ3v) is 13.8. The van der Waals surface area contributed by atoms with Crippen LogP contribution in [0.2, 0.25) is 0 Å². The van der Waals surface area contributed by atoms with Crippen molar-refractivity contribution in [3.63, 3.8) is 0 Å². The van der Waals surface area contributed by atoms with Gasteiger partial charge >= 0.3 is 0 Å².